The number of hydrogen-bond acceptors (Lipinski definition) is 7. The Morgan fingerprint density at radius 2 is 2.15 bits per heavy atom. The number of fused-ring (bicyclic) bond motifs is 3. The summed E-state index contributed by atoms with van der Waals surface area (Å²) in [7, 11) is 0. The van der Waals surface area contributed by atoms with E-state index in [1.165, 1.54) is 28.6 Å². The van der Waals surface area contributed by atoms with Crippen LogP contribution in [-0.4, -0.2) is 45.8 Å². The molecule has 2 heterocycles. The predicted molar refractivity (Wildman–Crippen MR) is 111 cm³/mol. The number of aliphatic carboxylic acids is 1. The second-order valence-corrected chi connectivity index (χ2v) is 8.29. The van der Waals surface area contributed by atoms with Crippen LogP contribution in [0.2, 0.25) is 0 Å². The molecule has 1 unspecified atom stereocenters. The molecule has 0 amide bonds. The lowest BCUT2D eigenvalue weighted by atomic mass is 9.97. The lowest BCUT2D eigenvalue weighted by molar-refractivity contribution is -0.138. The molecule has 2 aromatic rings. The Labute approximate surface area is 165 Å². The number of nitrogens with two attached hydrogens (primary N) is 2. The number of nitrogens with zero attached hydrogens (tertiary/aromatic N) is 3. The Bertz CT molecular complexity index is 863. The SMILES string of the molecule is CSc1nc(NC(CCCN=C(N)N)C(=O)O)c2c3c(sc2n1)CCCC3. The van der Waals surface area contributed by atoms with E-state index in [1.807, 2.05) is 6.26 Å². The molecule has 0 aromatic carbocycles. The monoisotopic (exact) mass is 408 g/mol. The van der Waals surface area contributed by atoms with Crippen LogP contribution >= 0.6 is 23.1 Å². The van der Waals surface area contributed by atoms with Gasteiger partial charge in [0.2, 0.25) is 0 Å². The van der Waals surface area contributed by atoms with E-state index in [0.29, 0.717) is 30.4 Å². The number of thiophene rings is 1. The number of hydrogen-bond donors (Lipinski definition) is 4. The van der Waals surface area contributed by atoms with Crippen molar-refractivity contribution in [1.29, 1.82) is 0 Å². The topological polar surface area (TPSA) is 140 Å². The fourth-order valence-corrected chi connectivity index (χ4v) is 4.94. The van der Waals surface area contributed by atoms with Gasteiger partial charge in [0.15, 0.2) is 11.1 Å². The molecule has 0 fully saturated rings. The number of rotatable bonds is 8. The van der Waals surface area contributed by atoms with E-state index in [1.54, 1.807) is 11.3 Å². The van der Waals surface area contributed by atoms with Gasteiger partial charge in [-0.05, 0) is 50.3 Å². The fraction of sp³-hybridized carbons (Fsp3) is 0.529. The molecule has 1 aliphatic rings. The van der Waals surface area contributed by atoms with Crippen molar-refractivity contribution in [2.24, 2.45) is 16.5 Å². The molecular formula is C17H24N6O2S2. The van der Waals surface area contributed by atoms with E-state index >= 15 is 0 Å². The Balaban J connectivity index is 1.90. The molecule has 0 radical (unpaired) electrons. The molecule has 0 bridgehead atoms. The van der Waals surface area contributed by atoms with Crippen molar-refractivity contribution in [2.75, 3.05) is 18.1 Å². The van der Waals surface area contributed by atoms with Crippen LogP contribution in [-0.2, 0) is 17.6 Å². The fourth-order valence-electron chi connectivity index (χ4n) is 3.26. The summed E-state index contributed by atoms with van der Waals surface area (Å²) < 4.78 is 0. The molecule has 2 aromatic heterocycles. The van der Waals surface area contributed by atoms with Crippen molar-refractivity contribution in [2.45, 2.75) is 49.7 Å². The Kier molecular flexibility index (Phi) is 6.38. The van der Waals surface area contributed by atoms with Crippen molar-refractivity contribution in [3.63, 3.8) is 0 Å². The highest BCUT2D eigenvalue weighted by Gasteiger charge is 2.24. The standard InChI is InChI=1S/C17H24N6O2S2/c1-26-17-22-13(21-10(15(24)25)6-4-8-20-16(18)19)12-9-5-2-3-7-11(9)27-14(12)23-17/h10H,2-8H2,1H3,(H,24,25)(H4,18,19,20)(H,21,22,23). The van der Waals surface area contributed by atoms with Gasteiger partial charge in [-0.2, -0.15) is 0 Å². The summed E-state index contributed by atoms with van der Waals surface area (Å²) in [5.41, 5.74) is 11.9. The minimum absolute atomic E-state index is 0.0156. The molecule has 0 spiro atoms. The molecule has 3 rings (SSSR count). The van der Waals surface area contributed by atoms with E-state index < -0.39 is 12.0 Å². The Morgan fingerprint density at radius 3 is 2.85 bits per heavy atom. The average molecular weight is 409 g/mol. The third-order valence-corrected chi connectivity index (χ3v) is 6.26. The summed E-state index contributed by atoms with van der Waals surface area (Å²) in [6.45, 7) is 0.400. The lowest BCUT2D eigenvalue weighted by Crippen LogP contribution is -2.30. The van der Waals surface area contributed by atoms with Gasteiger partial charge >= 0.3 is 5.97 Å². The summed E-state index contributed by atoms with van der Waals surface area (Å²) in [5, 5.41) is 14.4. The van der Waals surface area contributed by atoms with Gasteiger partial charge in [0.1, 0.15) is 16.7 Å². The van der Waals surface area contributed by atoms with Gasteiger partial charge < -0.3 is 21.9 Å². The minimum atomic E-state index is -0.915. The first-order valence-electron chi connectivity index (χ1n) is 8.90. The molecular weight excluding hydrogens is 384 g/mol. The third-order valence-electron chi connectivity index (χ3n) is 4.53. The zero-order chi connectivity index (χ0) is 19.4. The molecule has 27 heavy (non-hydrogen) atoms. The largest absolute Gasteiger partial charge is 0.480 e. The molecule has 146 valence electrons. The van der Waals surface area contributed by atoms with E-state index in [2.05, 4.69) is 20.3 Å². The van der Waals surface area contributed by atoms with Gasteiger partial charge in [-0.25, -0.2) is 14.8 Å². The van der Waals surface area contributed by atoms with Crippen LogP contribution in [0.15, 0.2) is 10.1 Å². The Hall–Kier alpha value is -2.07. The van der Waals surface area contributed by atoms with Crippen molar-refractivity contribution in [1.82, 2.24) is 9.97 Å². The zero-order valence-corrected chi connectivity index (χ0v) is 16.8. The highest BCUT2D eigenvalue weighted by atomic mass is 32.2. The number of guanidine groups is 1. The first-order chi connectivity index (χ1) is 13.0. The number of nitrogens with one attached hydrogen (secondary N) is 1. The van der Waals surface area contributed by atoms with Gasteiger partial charge in [0.25, 0.3) is 0 Å². The molecule has 6 N–H and O–H groups in total. The van der Waals surface area contributed by atoms with Gasteiger partial charge in [-0.15, -0.1) is 11.3 Å². The summed E-state index contributed by atoms with van der Waals surface area (Å²) in [6.07, 6.45) is 7.27. The van der Waals surface area contributed by atoms with Crippen molar-refractivity contribution < 1.29 is 9.90 Å². The number of aryl methyl sites for hydroxylation is 2. The van der Waals surface area contributed by atoms with Gasteiger partial charge in [0, 0.05) is 11.4 Å². The summed E-state index contributed by atoms with van der Waals surface area (Å²) in [4.78, 5) is 27.2. The molecule has 0 aliphatic heterocycles. The minimum Gasteiger partial charge on any atom is -0.480 e. The molecule has 0 saturated heterocycles. The lowest BCUT2D eigenvalue weighted by Gasteiger charge is -2.17. The number of thioether (sulfide) groups is 1. The first-order valence-corrected chi connectivity index (χ1v) is 10.9. The third kappa shape index (κ3) is 4.62. The van der Waals surface area contributed by atoms with Crippen LogP contribution in [0.25, 0.3) is 10.2 Å². The molecule has 1 atom stereocenters. The van der Waals surface area contributed by atoms with Crippen LogP contribution in [0.1, 0.15) is 36.1 Å². The number of carboxylic acids is 1. The number of anilines is 1. The van der Waals surface area contributed by atoms with Gasteiger partial charge in [0.05, 0.1) is 5.39 Å². The van der Waals surface area contributed by atoms with E-state index in [9.17, 15) is 9.90 Å². The zero-order valence-electron chi connectivity index (χ0n) is 15.2. The van der Waals surface area contributed by atoms with E-state index in [0.717, 1.165) is 29.5 Å². The average Bonchev–Trinajstić information content (AvgIpc) is 3.02. The quantitative estimate of drug-likeness (QED) is 0.171. The maximum Gasteiger partial charge on any atom is 0.326 e. The van der Waals surface area contributed by atoms with E-state index in [-0.39, 0.29) is 5.96 Å². The number of aliphatic imine (C=N–C) groups is 1. The highest BCUT2D eigenvalue weighted by Crippen LogP contribution is 2.39. The smallest absolute Gasteiger partial charge is 0.326 e. The highest BCUT2D eigenvalue weighted by molar-refractivity contribution is 7.98. The first kappa shape index (κ1) is 19.7. The van der Waals surface area contributed by atoms with Crippen LogP contribution in [0.3, 0.4) is 0 Å². The maximum atomic E-state index is 11.8. The van der Waals surface area contributed by atoms with Crippen molar-refractivity contribution in [3.8, 4) is 0 Å². The van der Waals surface area contributed by atoms with Crippen molar-refractivity contribution in [3.05, 3.63) is 10.4 Å². The molecule has 8 nitrogen and oxygen atoms in total. The predicted octanol–water partition coefficient (Wildman–Crippen LogP) is 2.21. The van der Waals surface area contributed by atoms with Crippen molar-refractivity contribution >= 4 is 51.1 Å². The van der Waals surface area contributed by atoms with Crippen LogP contribution in [0.5, 0.6) is 0 Å². The van der Waals surface area contributed by atoms with Gasteiger partial charge in [-0.1, -0.05) is 11.8 Å². The number of carbonyl (C=O) groups is 1. The molecule has 1 aliphatic carbocycles. The summed E-state index contributed by atoms with van der Waals surface area (Å²) >= 11 is 3.16. The van der Waals surface area contributed by atoms with Crippen LogP contribution in [0, 0.1) is 0 Å². The maximum absolute atomic E-state index is 11.8. The van der Waals surface area contributed by atoms with Crippen LogP contribution in [0.4, 0.5) is 5.82 Å². The van der Waals surface area contributed by atoms with Crippen LogP contribution < -0.4 is 16.8 Å². The number of carboxylic acid groups (broad SMARTS) is 1. The summed E-state index contributed by atoms with van der Waals surface area (Å²) in [6, 6.07) is -0.758. The molecule has 10 heteroatoms. The normalized spacial score (nSPS) is 14.6. The second kappa shape index (κ2) is 8.75. The summed E-state index contributed by atoms with van der Waals surface area (Å²) in [5.74, 6) is -0.277. The van der Waals surface area contributed by atoms with E-state index in [4.69, 9.17) is 11.5 Å². The second-order valence-electron chi connectivity index (χ2n) is 6.43. The number of aromatic nitrogens is 2. The Morgan fingerprint density at radius 1 is 1.37 bits per heavy atom. The molecule has 0 saturated carbocycles. The van der Waals surface area contributed by atoms with Gasteiger partial charge in [-0.3, -0.25) is 4.99 Å².